The lowest BCUT2D eigenvalue weighted by Crippen LogP contribution is -2.61. The summed E-state index contributed by atoms with van der Waals surface area (Å²) in [6.45, 7) is 3.53. The van der Waals surface area contributed by atoms with Gasteiger partial charge in [0, 0.05) is 30.9 Å². The van der Waals surface area contributed by atoms with Gasteiger partial charge in [0.1, 0.15) is 42.3 Å². The van der Waals surface area contributed by atoms with Crippen molar-refractivity contribution in [3.05, 3.63) is 35.9 Å². The van der Waals surface area contributed by atoms with E-state index >= 15 is 0 Å². The molecule has 0 bridgehead atoms. The lowest BCUT2D eigenvalue weighted by Gasteiger charge is -2.31. The molecule has 1 aromatic rings. The number of nitrogens with zero attached hydrogens (tertiary/aromatic N) is 1. The SMILES string of the molecule is CC[C@H](C)[C@@H]1NC(=O)[C@H](Cc2ccccc2)NC(=O)[C@@H](N)CSSC[C@@H](C(=O)N2CCC[C@H]2C(=O)N[C@@H](CCCNC)C(=O)NCC(N)=O)NC(=O)[C@H](CC(N)=O)NC(=O)[C@H](CCC(N)=O)NC1=O. The molecule has 2 fully saturated rings. The number of primary amides is 3. The van der Waals surface area contributed by atoms with E-state index in [2.05, 4.69) is 42.5 Å². The van der Waals surface area contributed by atoms with Crippen molar-refractivity contribution in [1.29, 1.82) is 0 Å². The largest absolute Gasteiger partial charge is 0.370 e. The fourth-order valence-corrected chi connectivity index (χ4v) is 9.65. The molecule has 11 amide bonds. The molecule has 0 aromatic heterocycles. The Morgan fingerprint density at radius 2 is 1.43 bits per heavy atom. The molecule has 1 aromatic carbocycles. The number of rotatable bonds is 19. The normalized spacial score (nSPS) is 24.2. The first kappa shape index (κ1) is 57.3. The molecule has 0 aliphatic carbocycles. The third kappa shape index (κ3) is 19.1. The van der Waals surface area contributed by atoms with E-state index in [0.717, 1.165) is 21.6 Å². The molecule has 3 rings (SSSR count). The van der Waals surface area contributed by atoms with E-state index in [4.69, 9.17) is 22.9 Å². The van der Waals surface area contributed by atoms with Gasteiger partial charge in [-0.3, -0.25) is 52.7 Å². The van der Waals surface area contributed by atoms with Crippen molar-refractivity contribution in [3.8, 4) is 0 Å². The Labute approximate surface area is 408 Å². The molecule has 16 N–H and O–H groups in total. The van der Waals surface area contributed by atoms with E-state index in [9.17, 15) is 52.7 Å². The maximum absolute atomic E-state index is 14.5. The number of carbonyl (C=O) groups excluding carboxylic acids is 11. The van der Waals surface area contributed by atoms with Crippen molar-refractivity contribution in [2.24, 2.45) is 28.9 Å². The molecular formula is C43H67N13O11S2. The maximum Gasteiger partial charge on any atom is 0.246 e. The van der Waals surface area contributed by atoms with Crippen LogP contribution < -0.4 is 65.5 Å². The van der Waals surface area contributed by atoms with Gasteiger partial charge in [-0.2, -0.15) is 0 Å². The topological polar surface area (TPSA) is 391 Å². The van der Waals surface area contributed by atoms with Crippen LogP contribution in [-0.2, 0) is 59.2 Å². The third-order valence-electron chi connectivity index (χ3n) is 11.4. The molecule has 26 heteroatoms. The van der Waals surface area contributed by atoms with E-state index in [1.54, 1.807) is 51.2 Å². The van der Waals surface area contributed by atoms with Crippen molar-refractivity contribution in [2.45, 2.75) is 120 Å². The molecule has 69 heavy (non-hydrogen) atoms. The summed E-state index contributed by atoms with van der Waals surface area (Å²) >= 11 is 0. The highest BCUT2D eigenvalue weighted by molar-refractivity contribution is 8.76. The average molecular weight is 1010 g/mol. The fraction of sp³-hybridized carbons (Fsp3) is 0.605. The zero-order chi connectivity index (χ0) is 51.2. The monoisotopic (exact) mass is 1010 g/mol. The number of hydrogen-bond acceptors (Lipinski definition) is 15. The van der Waals surface area contributed by atoms with E-state index in [-0.39, 0.29) is 43.7 Å². The molecule has 24 nitrogen and oxygen atoms in total. The molecule has 9 atom stereocenters. The number of amides is 11. The first-order valence-corrected chi connectivity index (χ1v) is 25.2. The Hall–Kier alpha value is -5.99. The van der Waals surface area contributed by atoms with Crippen LogP contribution in [0.5, 0.6) is 0 Å². The van der Waals surface area contributed by atoms with Crippen molar-refractivity contribution in [3.63, 3.8) is 0 Å². The van der Waals surface area contributed by atoms with E-state index in [1.807, 2.05) is 0 Å². The first-order chi connectivity index (χ1) is 32.7. The minimum absolute atomic E-state index is 0.00521. The van der Waals surface area contributed by atoms with Gasteiger partial charge in [0.25, 0.3) is 0 Å². The smallest absolute Gasteiger partial charge is 0.246 e. The number of carbonyl (C=O) groups is 11. The Morgan fingerprint density at radius 3 is 2.07 bits per heavy atom. The van der Waals surface area contributed by atoms with E-state index in [0.29, 0.717) is 31.4 Å². The summed E-state index contributed by atoms with van der Waals surface area (Å²) in [7, 11) is 3.80. The van der Waals surface area contributed by atoms with Gasteiger partial charge in [-0.25, -0.2) is 0 Å². The Bertz CT molecular complexity index is 2000. The summed E-state index contributed by atoms with van der Waals surface area (Å²) < 4.78 is 0. The van der Waals surface area contributed by atoms with Crippen LogP contribution >= 0.6 is 21.6 Å². The van der Waals surface area contributed by atoms with Gasteiger partial charge in [-0.05, 0) is 57.2 Å². The lowest BCUT2D eigenvalue weighted by molar-refractivity contribution is -0.142. The van der Waals surface area contributed by atoms with Crippen molar-refractivity contribution in [2.75, 3.05) is 38.2 Å². The quantitative estimate of drug-likeness (QED) is 0.0460. The minimum Gasteiger partial charge on any atom is -0.370 e. The number of nitrogens with one attached hydrogen (secondary N) is 8. The maximum atomic E-state index is 14.5. The van der Waals surface area contributed by atoms with Gasteiger partial charge in [0.15, 0.2) is 0 Å². The van der Waals surface area contributed by atoms with Gasteiger partial charge in [0.2, 0.25) is 65.0 Å². The second-order valence-corrected chi connectivity index (χ2v) is 19.4. The standard InChI is InChI=1S/C43H67N13O11S2/c1-4-23(2)35-42(66)51-27(14-15-32(45)57)38(62)53-29(19-33(46)58)39(63)54-30(22-69-68-21-25(44)36(60)52-28(40(64)55-35)18-24-10-6-5-7-11-24)43(67)56-17-9-13-31(56)41(65)50-26(12-8-16-48-3)37(61)49-20-34(47)59/h5-7,10-11,23,25-31,35,48H,4,8-9,12-22,44H2,1-3H3,(H2,45,57)(H2,46,58)(H2,47,59)(H,49,61)(H,50,65)(H,51,66)(H,52,60)(H,53,62)(H,54,63)(H,55,64)/t23-,25-,26-,27-,28-,29-,30-,31-,35-/m0/s1. The van der Waals surface area contributed by atoms with Crippen LogP contribution in [0.4, 0.5) is 0 Å². The first-order valence-electron chi connectivity index (χ1n) is 22.7. The van der Waals surface area contributed by atoms with Gasteiger partial charge >= 0.3 is 0 Å². The summed E-state index contributed by atoms with van der Waals surface area (Å²) in [6, 6.07) is -1.90. The average Bonchev–Trinajstić information content (AvgIpc) is 3.81. The van der Waals surface area contributed by atoms with Crippen LogP contribution in [0.3, 0.4) is 0 Å². The summed E-state index contributed by atoms with van der Waals surface area (Å²) in [4.78, 5) is 148. The highest BCUT2D eigenvalue weighted by Gasteiger charge is 2.41. The molecular weight excluding hydrogens is 939 g/mol. The molecule has 0 radical (unpaired) electrons. The molecule has 2 saturated heterocycles. The molecule has 2 aliphatic rings. The summed E-state index contributed by atoms with van der Waals surface area (Å²) in [6.07, 6.45) is -0.0441. The highest BCUT2D eigenvalue weighted by atomic mass is 33.1. The summed E-state index contributed by atoms with van der Waals surface area (Å²) in [5.41, 5.74) is 23.1. The highest BCUT2D eigenvalue weighted by Crippen LogP contribution is 2.26. The van der Waals surface area contributed by atoms with Crippen molar-refractivity contribution in [1.82, 2.24) is 47.4 Å². The van der Waals surface area contributed by atoms with E-state index < -0.39 is 139 Å². The van der Waals surface area contributed by atoms with Gasteiger partial charge in [-0.15, -0.1) is 0 Å². The van der Waals surface area contributed by atoms with Gasteiger partial charge in [0.05, 0.1) is 19.0 Å². The van der Waals surface area contributed by atoms with Gasteiger partial charge < -0.3 is 70.4 Å². The predicted octanol–water partition coefficient (Wildman–Crippen LogP) is -4.36. The Balaban J connectivity index is 2.04. The predicted molar refractivity (Wildman–Crippen MR) is 256 cm³/mol. The van der Waals surface area contributed by atoms with Gasteiger partial charge in [-0.1, -0.05) is 72.2 Å². The Morgan fingerprint density at radius 1 is 0.797 bits per heavy atom. The van der Waals surface area contributed by atoms with Crippen LogP contribution in [0.2, 0.25) is 0 Å². The summed E-state index contributed by atoms with van der Waals surface area (Å²) in [5.74, 6) is -9.96. The number of nitrogens with two attached hydrogens (primary N) is 4. The molecule has 0 saturated carbocycles. The molecule has 0 spiro atoms. The third-order valence-corrected chi connectivity index (χ3v) is 13.9. The zero-order valence-electron chi connectivity index (χ0n) is 39.0. The number of benzene rings is 1. The van der Waals surface area contributed by atoms with Crippen LogP contribution in [0.15, 0.2) is 30.3 Å². The number of hydrogen-bond donors (Lipinski definition) is 12. The van der Waals surface area contributed by atoms with Crippen LogP contribution in [-0.4, -0.2) is 156 Å². The fourth-order valence-electron chi connectivity index (χ4n) is 7.37. The lowest BCUT2D eigenvalue weighted by atomic mass is 9.96. The summed E-state index contributed by atoms with van der Waals surface area (Å²) in [5, 5.41) is 20.9. The molecule has 2 aliphatic heterocycles. The second kappa shape index (κ2) is 29.1. The van der Waals surface area contributed by atoms with Crippen LogP contribution in [0.1, 0.15) is 70.8 Å². The molecule has 382 valence electrons. The Kier molecular flexibility index (Phi) is 24.2. The molecule has 0 unspecified atom stereocenters. The zero-order valence-corrected chi connectivity index (χ0v) is 40.7. The van der Waals surface area contributed by atoms with Crippen LogP contribution in [0, 0.1) is 5.92 Å². The van der Waals surface area contributed by atoms with Crippen molar-refractivity contribution < 1.29 is 52.7 Å². The molecule has 2 heterocycles. The number of likely N-dealkylation sites (tertiary alicyclic amines) is 1. The van der Waals surface area contributed by atoms with Crippen molar-refractivity contribution >= 4 is 86.6 Å². The minimum atomic E-state index is -1.74. The second-order valence-electron chi connectivity index (χ2n) is 16.8. The van der Waals surface area contributed by atoms with E-state index in [1.165, 1.54) is 4.90 Å². The van der Waals surface area contributed by atoms with Crippen LogP contribution in [0.25, 0.3) is 0 Å².